The SMILES string of the molecule is CC(CC/C(=C\C(=O)O)C(=O)O)N(C)C. The first-order valence-electron chi connectivity index (χ1n) is 4.67. The lowest BCUT2D eigenvalue weighted by molar-refractivity contribution is -0.135. The Bertz CT molecular complexity index is 271. The van der Waals surface area contributed by atoms with Gasteiger partial charge in [0.15, 0.2) is 0 Å². The molecule has 0 saturated heterocycles. The lowest BCUT2D eigenvalue weighted by Crippen LogP contribution is -2.24. The molecule has 0 fully saturated rings. The van der Waals surface area contributed by atoms with Crippen LogP contribution in [0.5, 0.6) is 0 Å². The first-order chi connectivity index (χ1) is 6.84. The number of nitrogens with zero attached hydrogens (tertiary/aromatic N) is 1. The Kier molecular flexibility index (Phi) is 5.62. The molecule has 0 aliphatic carbocycles. The molecule has 1 unspecified atom stereocenters. The first kappa shape index (κ1) is 13.6. The minimum absolute atomic E-state index is 0.0591. The third-order valence-corrected chi connectivity index (χ3v) is 2.29. The molecule has 0 aromatic heterocycles. The lowest BCUT2D eigenvalue weighted by atomic mass is 10.1. The summed E-state index contributed by atoms with van der Waals surface area (Å²) in [5.74, 6) is -2.38. The molecule has 0 aromatic rings. The fourth-order valence-electron chi connectivity index (χ4n) is 1.01. The topological polar surface area (TPSA) is 77.8 Å². The highest BCUT2D eigenvalue weighted by atomic mass is 16.4. The molecular formula is C10H17NO4. The minimum Gasteiger partial charge on any atom is -0.478 e. The summed E-state index contributed by atoms with van der Waals surface area (Å²) in [4.78, 5) is 23.0. The van der Waals surface area contributed by atoms with Crippen LogP contribution >= 0.6 is 0 Å². The normalized spacial score (nSPS) is 14.0. The van der Waals surface area contributed by atoms with Crippen LogP contribution in [0.25, 0.3) is 0 Å². The van der Waals surface area contributed by atoms with Crippen molar-refractivity contribution in [3.8, 4) is 0 Å². The van der Waals surface area contributed by atoms with Crippen molar-refractivity contribution in [1.29, 1.82) is 0 Å². The van der Waals surface area contributed by atoms with Gasteiger partial charge in [0.1, 0.15) is 0 Å². The fraction of sp³-hybridized carbons (Fsp3) is 0.600. The van der Waals surface area contributed by atoms with Gasteiger partial charge in [-0.3, -0.25) is 0 Å². The molecule has 2 N–H and O–H groups in total. The summed E-state index contributed by atoms with van der Waals surface area (Å²) in [6.07, 6.45) is 1.64. The number of carboxylic acid groups (broad SMARTS) is 2. The van der Waals surface area contributed by atoms with E-state index in [9.17, 15) is 9.59 Å². The first-order valence-corrected chi connectivity index (χ1v) is 4.67. The molecule has 0 aliphatic heterocycles. The van der Waals surface area contributed by atoms with E-state index in [2.05, 4.69) is 0 Å². The van der Waals surface area contributed by atoms with Gasteiger partial charge >= 0.3 is 11.9 Å². The number of carbonyl (C=O) groups is 2. The average Bonchev–Trinajstić information content (AvgIpc) is 2.10. The van der Waals surface area contributed by atoms with Gasteiger partial charge in [-0.15, -0.1) is 0 Å². The van der Waals surface area contributed by atoms with Crippen LogP contribution in [0.4, 0.5) is 0 Å². The maximum atomic E-state index is 10.7. The van der Waals surface area contributed by atoms with Crippen LogP contribution in [0.15, 0.2) is 11.6 Å². The predicted octanol–water partition coefficient (Wildman–Crippen LogP) is 0.812. The van der Waals surface area contributed by atoms with Gasteiger partial charge in [0.2, 0.25) is 0 Å². The standard InChI is InChI=1S/C10H17NO4/c1-7(11(2)3)4-5-8(10(14)15)6-9(12)13/h6-7H,4-5H2,1-3H3,(H,12,13)(H,14,15)/b8-6+. The van der Waals surface area contributed by atoms with Crippen LogP contribution in [-0.2, 0) is 9.59 Å². The minimum atomic E-state index is -1.22. The van der Waals surface area contributed by atoms with E-state index in [1.807, 2.05) is 25.9 Å². The summed E-state index contributed by atoms with van der Waals surface area (Å²) < 4.78 is 0. The third-order valence-electron chi connectivity index (χ3n) is 2.29. The number of rotatable bonds is 6. The maximum Gasteiger partial charge on any atom is 0.331 e. The van der Waals surface area contributed by atoms with Crippen LogP contribution in [0.2, 0.25) is 0 Å². The van der Waals surface area contributed by atoms with Gasteiger partial charge in [0.25, 0.3) is 0 Å². The van der Waals surface area contributed by atoms with Crippen LogP contribution in [0.1, 0.15) is 19.8 Å². The van der Waals surface area contributed by atoms with E-state index < -0.39 is 11.9 Å². The molecule has 0 saturated carbocycles. The van der Waals surface area contributed by atoms with Gasteiger partial charge in [-0.25, -0.2) is 9.59 Å². The molecule has 15 heavy (non-hydrogen) atoms. The largest absolute Gasteiger partial charge is 0.478 e. The Morgan fingerprint density at radius 2 is 1.87 bits per heavy atom. The van der Waals surface area contributed by atoms with E-state index in [0.29, 0.717) is 6.42 Å². The van der Waals surface area contributed by atoms with Crippen LogP contribution in [0, 0.1) is 0 Å². The highest BCUT2D eigenvalue weighted by Gasteiger charge is 2.12. The molecule has 0 heterocycles. The fourth-order valence-corrected chi connectivity index (χ4v) is 1.01. The molecular weight excluding hydrogens is 198 g/mol. The second kappa shape index (κ2) is 6.19. The number of aliphatic carboxylic acids is 2. The Morgan fingerprint density at radius 3 is 2.20 bits per heavy atom. The Labute approximate surface area is 89.0 Å². The zero-order valence-electron chi connectivity index (χ0n) is 9.23. The molecule has 1 atom stereocenters. The van der Waals surface area contributed by atoms with E-state index in [1.54, 1.807) is 0 Å². The van der Waals surface area contributed by atoms with Crippen molar-refractivity contribution in [2.75, 3.05) is 14.1 Å². The van der Waals surface area contributed by atoms with Crippen molar-refractivity contribution >= 4 is 11.9 Å². The number of hydrogen-bond donors (Lipinski definition) is 2. The highest BCUT2D eigenvalue weighted by molar-refractivity contribution is 5.94. The van der Waals surface area contributed by atoms with Gasteiger partial charge in [-0.2, -0.15) is 0 Å². The highest BCUT2D eigenvalue weighted by Crippen LogP contribution is 2.10. The monoisotopic (exact) mass is 215 g/mol. The molecule has 5 nitrogen and oxygen atoms in total. The molecule has 5 heteroatoms. The Balaban J connectivity index is 4.33. The molecule has 0 bridgehead atoms. The van der Waals surface area contributed by atoms with E-state index in [1.165, 1.54) is 0 Å². The van der Waals surface area contributed by atoms with Gasteiger partial charge < -0.3 is 15.1 Å². The predicted molar refractivity (Wildman–Crippen MR) is 55.7 cm³/mol. The van der Waals surface area contributed by atoms with Crippen molar-refractivity contribution in [1.82, 2.24) is 4.90 Å². The van der Waals surface area contributed by atoms with Crippen LogP contribution < -0.4 is 0 Å². The molecule has 86 valence electrons. The van der Waals surface area contributed by atoms with Gasteiger partial charge in [0.05, 0.1) is 0 Å². The van der Waals surface area contributed by atoms with E-state index in [0.717, 1.165) is 6.08 Å². The van der Waals surface area contributed by atoms with E-state index in [-0.39, 0.29) is 18.0 Å². The number of hydrogen-bond acceptors (Lipinski definition) is 3. The second-order valence-corrected chi connectivity index (χ2v) is 3.66. The van der Waals surface area contributed by atoms with E-state index in [4.69, 9.17) is 10.2 Å². The Hall–Kier alpha value is -1.36. The molecule has 0 rings (SSSR count). The zero-order chi connectivity index (χ0) is 12.0. The molecule has 0 aromatic carbocycles. The summed E-state index contributed by atoms with van der Waals surface area (Å²) in [5.41, 5.74) is -0.0591. The number of carboxylic acids is 2. The van der Waals surface area contributed by atoms with Crippen LogP contribution in [-0.4, -0.2) is 47.2 Å². The molecule has 0 aliphatic rings. The zero-order valence-corrected chi connectivity index (χ0v) is 9.23. The van der Waals surface area contributed by atoms with Crippen molar-refractivity contribution in [3.05, 3.63) is 11.6 Å². The molecule has 0 radical (unpaired) electrons. The summed E-state index contributed by atoms with van der Waals surface area (Å²) in [5, 5.41) is 17.2. The van der Waals surface area contributed by atoms with E-state index >= 15 is 0 Å². The van der Waals surface area contributed by atoms with Crippen molar-refractivity contribution in [2.45, 2.75) is 25.8 Å². The Morgan fingerprint density at radius 1 is 1.33 bits per heavy atom. The summed E-state index contributed by atoms with van der Waals surface area (Å²) in [6, 6.07) is 0.224. The van der Waals surface area contributed by atoms with Gasteiger partial charge in [-0.05, 0) is 33.9 Å². The maximum absolute atomic E-state index is 10.7. The average molecular weight is 215 g/mol. The van der Waals surface area contributed by atoms with Crippen molar-refractivity contribution < 1.29 is 19.8 Å². The smallest absolute Gasteiger partial charge is 0.331 e. The molecule has 0 amide bonds. The van der Waals surface area contributed by atoms with Crippen LogP contribution in [0.3, 0.4) is 0 Å². The summed E-state index contributed by atoms with van der Waals surface area (Å²) in [6.45, 7) is 1.96. The molecule has 0 spiro atoms. The quantitative estimate of drug-likeness (QED) is 0.641. The summed E-state index contributed by atoms with van der Waals surface area (Å²) in [7, 11) is 3.79. The van der Waals surface area contributed by atoms with Crippen molar-refractivity contribution in [2.24, 2.45) is 0 Å². The third kappa shape index (κ3) is 5.85. The van der Waals surface area contributed by atoms with Gasteiger partial charge in [0, 0.05) is 17.7 Å². The van der Waals surface area contributed by atoms with Crippen molar-refractivity contribution in [3.63, 3.8) is 0 Å². The van der Waals surface area contributed by atoms with Gasteiger partial charge in [-0.1, -0.05) is 0 Å². The summed E-state index contributed by atoms with van der Waals surface area (Å²) >= 11 is 0. The second-order valence-electron chi connectivity index (χ2n) is 3.66. The lowest BCUT2D eigenvalue weighted by Gasteiger charge is -2.19.